The summed E-state index contributed by atoms with van der Waals surface area (Å²) < 4.78 is 5.34. The minimum absolute atomic E-state index is 0.00868. The van der Waals surface area contributed by atoms with E-state index in [1.54, 1.807) is 30.3 Å². The van der Waals surface area contributed by atoms with E-state index in [2.05, 4.69) is 4.90 Å². The monoisotopic (exact) mass is 430 g/mol. The van der Waals surface area contributed by atoms with Crippen LogP contribution in [0.2, 0.25) is 10.0 Å². The molecule has 1 aliphatic rings. The van der Waals surface area contributed by atoms with Gasteiger partial charge in [-0.2, -0.15) is 0 Å². The molecule has 1 saturated heterocycles. The van der Waals surface area contributed by atoms with Crippen molar-refractivity contribution in [2.24, 2.45) is 0 Å². The van der Waals surface area contributed by atoms with E-state index in [4.69, 9.17) is 27.6 Å². The van der Waals surface area contributed by atoms with E-state index < -0.39 is 0 Å². The van der Waals surface area contributed by atoms with Gasteiger partial charge in [0, 0.05) is 59.8 Å². The molecule has 0 spiro atoms. The SMILES string of the molecule is Cc1cc2oc(=O)cc(CN3CCN(C(=O)c4ccc(Cl)cc4)CC3)c2cc1Cl. The molecule has 0 radical (unpaired) electrons. The van der Waals surface area contributed by atoms with E-state index in [1.165, 1.54) is 6.07 Å². The van der Waals surface area contributed by atoms with E-state index in [-0.39, 0.29) is 11.5 Å². The van der Waals surface area contributed by atoms with Gasteiger partial charge in [-0.25, -0.2) is 4.79 Å². The van der Waals surface area contributed by atoms with Crippen LogP contribution in [0.4, 0.5) is 0 Å². The minimum atomic E-state index is -0.370. The molecule has 2 heterocycles. The van der Waals surface area contributed by atoms with Crippen LogP contribution in [0.5, 0.6) is 0 Å². The first-order valence-corrected chi connectivity index (χ1v) is 10.2. The van der Waals surface area contributed by atoms with Crippen molar-refractivity contribution in [2.75, 3.05) is 26.2 Å². The molecule has 1 aliphatic heterocycles. The van der Waals surface area contributed by atoms with Crippen molar-refractivity contribution < 1.29 is 9.21 Å². The van der Waals surface area contributed by atoms with Gasteiger partial charge in [-0.05, 0) is 54.4 Å². The molecule has 1 aromatic heterocycles. The summed E-state index contributed by atoms with van der Waals surface area (Å²) in [5.74, 6) is 0.00868. The number of hydrogen-bond acceptors (Lipinski definition) is 4. The summed E-state index contributed by atoms with van der Waals surface area (Å²) in [7, 11) is 0. The third kappa shape index (κ3) is 4.32. The van der Waals surface area contributed by atoms with Crippen LogP contribution in [0, 0.1) is 6.92 Å². The molecular formula is C22H20Cl2N2O3. The molecule has 150 valence electrons. The van der Waals surface area contributed by atoms with Crippen LogP contribution in [0.3, 0.4) is 0 Å². The average Bonchev–Trinajstić information content (AvgIpc) is 2.70. The van der Waals surface area contributed by atoms with Gasteiger partial charge in [-0.3, -0.25) is 9.69 Å². The summed E-state index contributed by atoms with van der Waals surface area (Å²) in [5.41, 5.74) is 2.57. The molecule has 0 unspecified atom stereocenters. The van der Waals surface area contributed by atoms with Gasteiger partial charge in [0.05, 0.1) is 0 Å². The van der Waals surface area contributed by atoms with Crippen LogP contribution in [0.25, 0.3) is 11.0 Å². The number of piperazine rings is 1. The van der Waals surface area contributed by atoms with Crippen molar-refractivity contribution in [3.8, 4) is 0 Å². The zero-order chi connectivity index (χ0) is 20.5. The summed E-state index contributed by atoms with van der Waals surface area (Å²) in [6.07, 6.45) is 0. The summed E-state index contributed by atoms with van der Waals surface area (Å²) in [4.78, 5) is 28.7. The minimum Gasteiger partial charge on any atom is -0.423 e. The van der Waals surface area contributed by atoms with Crippen molar-refractivity contribution in [3.05, 3.63) is 79.6 Å². The predicted octanol–water partition coefficient (Wildman–Crippen LogP) is 4.37. The quantitative estimate of drug-likeness (QED) is 0.579. The van der Waals surface area contributed by atoms with Gasteiger partial charge in [0.2, 0.25) is 0 Å². The Kier molecular flexibility index (Phi) is 5.63. The Morgan fingerprint density at radius 3 is 2.41 bits per heavy atom. The zero-order valence-corrected chi connectivity index (χ0v) is 17.5. The maximum absolute atomic E-state index is 12.7. The van der Waals surface area contributed by atoms with E-state index in [0.717, 1.165) is 29.6 Å². The molecule has 1 fully saturated rings. The smallest absolute Gasteiger partial charge is 0.336 e. The molecule has 3 aromatic rings. The lowest BCUT2D eigenvalue weighted by molar-refractivity contribution is 0.0629. The Hall–Kier alpha value is -2.34. The first-order chi connectivity index (χ1) is 13.9. The molecule has 1 amide bonds. The largest absolute Gasteiger partial charge is 0.423 e. The van der Waals surface area contributed by atoms with Gasteiger partial charge in [0.15, 0.2) is 0 Å². The lowest BCUT2D eigenvalue weighted by Crippen LogP contribution is -2.48. The number of carbonyl (C=O) groups is 1. The second-order valence-corrected chi connectivity index (χ2v) is 8.11. The third-order valence-corrected chi connectivity index (χ3v) is 5.91. The maximum atomic E-state index is 12.7. The maximum Gasteiger partial charge on any atom is 0.336 e. The van der Waals surface area contributed by atoms with Crippen molar-refractivity contribution >= 4 is 40.1 Å². The molecule has 4 rings (SSSR count). The predicted molar refractivity (Wildman–Crippen MR) is 115 cm³/mol. The molecule has 0 bridgehead atoms. The topological polar surface area (TPSA) is 53.8 Å². The summed E-state index contributed by atoms with van der Waals surface area (Å²) in [6, 6.07) is 12.1. The summed E-state index contributed by atoms with van der Waals surface area (Å²) in [5, 5.41) is 2.10. The fraction of sp³-hybridized carbons (Fsp3) is 0.273. The molecular weight excluding hydrogens is 411 g/mol. The van der Waals surface area contributed by atoms with Crippen LogP contribution in [-0.4, -0.2) is 41.9 Å². The fourth-order valence-corrected chi connectivity index (χ4v) is 3.89. The van der Waals surface area contributed by atoms with Gasteiger partial charge >= 0.3 is 5.63 Å². The average molecular weight is 431 g/mol. The molecule has 2 aromatic carbocycles. The van der Waals surface area contributed by atoms with Crippen molar-refractivity contribution in [1.82, 2.24) is 9.80 Å². The number of nitrogens with zero attached hydrogens (tertiary/aromatic N) is 2. The summed E-state index contributed by atoms with van der Waals surface area (Å²) >= 11 is 12.2. The van der Waals surface area contributed by atoms with Crippen molar-refractivity contribution in [2.45, 2.75) is 13.5 Å². The van der Waals surface area contributed by atoms with E-state index in [9.17, 15) is 9.59 Å². The molecule has 0 N–H and O–H groups in total. The number of carbonyl (C=O) groups excluding carboxylic acids is 1. The van der Waals surface area contributed by atoms with Crippen molar-refractivity contribution in [1.29, 1.82) is 0 Å². The zero-order valence-electron chi connectivity index (χ0n) is 16.0. The van der Waals surface area contributed by atoms with Crippen LogP contribution in [-0.2, 0) is 6.54 Å². The van der Waals surface area contributed by atoms with Crippen LogP contribution < -0.4 is 5.63 Å². The Morgan fingerprint density at radius 1 is 1.03 bits per heavy atom. The number of hydrogen-bond donors (Lipinski definition) is 0. The summed E-state index contributed by atoms with van der Waals surface area (Å²) in [6.45, 7) is 5.18. The molecule has 5 nitrogen and oxygen atoms in total. The number of halogens is 2. The number of benzene rings is 2. The normalized spacial score (nSPS) is 15.1. The van der Waals surface area contributed by atoms with Gasteiger partial charge < -0.3 is 9.32 Å². The van der Waals surface area contributed by atoms with E-state index in [0.29, 0.717) is 40.8 Å². The molecule has 0 saturated carbocycles. The Bertz CT molecular complexity index is 1120. The molecule has 0 atom stereocenters. The van der Waals surface area contributed by atoms with E-state index in [1.807, 2.05) is 17.9 Å². The fourth-order valence-electron chi connectivity index (χ4n) is 3.60. The van der Waals surface area contributed by atoms with Crippen molar-refractivity contribution in [3.63, 3.8) is 0 Å². The van der Waals surface area contributed by atoms with Gasteiger partial charge in [-0.1, -0.05) is 23.2 Å². The second-order valence-electron chi connectivity index (χ2n) is 7.26. The lowest BCUT2D eigenvalue weighted by Gasteiger charge is -2.35. The lowest BCUT2D eigenvalue weighted by atomic mass is 10.1. The Morgan fingerprint density at radius 2 is 1.72 bits per heavy atom. The highest BCUT2D eigenvalue weighted by molar-refractivity contribution is 6.32. The highest BCUT2D eigenvalue weighted by atomic mass is 35.5. The van der Waals surface area contributed by atoms with Gasteiger partial charge in [0.25, 0.3) is 5.91 Å². The molecule has 7 heteroatoms. The number of rotatable bonds is 3. The first kappa shape index (κ1) is 20.0. The molecule has 29 heavy (non-hydrogen) atoms. The second kappa shape index (κ2) is 8.19. The van der Waals surface area contributed by atoms with Crippen LogP contribution in [0.15, 0.2) is 51.7 Å². The molecule has 0 aliphatic carbocycles. The number of fused-ring (bicyclic) bond motifs is 1. The highest BCUT2D eigenvalue weighted by Gasteiger charge is 2.23. The van der Waals surface area contributed by atoms with Gasteiger partial charge in [-0.15, -0.1) is 0 Å². The Labute approximate surface area is 178 Å². The van der Waals surface area contributed by atoms with Gasteiger partial charge in [0.1, 0.15) is 5.58 Å². The van der Waals surface area contributed by atoms with Crippen LogP contribution >= 0.6 is 23.2 Å². The van der Waals surface area contributed by atoms with Crippen LogP contribution in [0.1, 0.15) is 21.5 Å². The highest BCUT2D eigenvalue weighted by Crippen LogP contribution is 2.26. The third-order valence-electron chi connectivity index (χ3n) is 5.25. The first-order valence-electron chi connectivity index (χ1n) is 9.41. The standard InChI is InChI=1S/C22H20Cl2N2O3/c1-14-10-20-18(12-19(14)24)16(11-21(27)29-20)13-25-6-8-26(9-7-25)22(28)15-2-4-17(23)5-3-15/h2-5,10-12H,6-9,13H2,1H3. The number of amides is 1. The number of aryl methyl sites for hydroxylation is 1. The Balaban J connectivity index is 1.47. The van der Waals surface area contributed by atoms with E-state index >= 15 is 0 Å².